The molecule has 1 saturated heterocycles. The van der Waals surface area contributed by atoms with Crippen molar-refractivity contribution in [1.82, 2.24) is 4.90 Å². The maximum Gasteiger partial charge on any atom is 0.123 e. The molecular weight excluding hydrogens is 224 g/mol. The van der Waals surface area contributed by atoms with Crippen LogP contribution in [0.3, 0.4) is 0 Å². The molecule has 0 bridgehead atoms. The zero-order valence-corrected chi connectivity index (χ0v) is 11.1. The fraction of sp³-hybridized carbons (Fsp3) is 0.600. The maximum atomic E-state index is 5.85. The molecule has 1 aromatic rings. The second kappa shape index (κ2) is 7.39. The minimum absolute atomic E-state index is 0.542. The molecular formula is C15H24N2O. The van der Waals surface area contributed by atoms with E-state index in [2.05, 4.69) is 4.90 Å². The number of rotatable bonds is 5. The fourth-order valence-corrected chi connectivity index (χ4v) is 2.46. The predicted octanol–water partition coefficient (Wildman–Crippen LogP) is 2.40. The SMILES string of the molecule is NCc1ccccc1OCCN1CCCCCC1. The van der Waals surface area contributed by atoms with E-state index in [1.165, 1.54) is 38.8 Å². The van der Waals surface area contributed by atoms with Gasteiger partial charge < -0.3 is 10.5 Å². The molecule has 100 valence electrons. The molecule has 0 amide bonds. The Labute approximate surface area is 110 Å². The summed E-state index contributed by atoms with van der Waals surface area (Å²) in [6.07, 6.45) is 5.43. The number of likely N-dealkylation sites (tertiary alicyclic amines) is 1. The zero-order valence-electron chi connectivity index (χ0n) is 11.1. The Balaban J connectivity index is 1.77. The third kappa shape index (κ3) is 4.00. The number of ether oxygens (including phenoxy) is 1. The summed E-state index contributed by atoms with van der Waals surface area (Å²) >= 11 is 0. The van der Waals surface area contributed by atoms with Gasteiger partial charge in [-0.05, 0) is 32.0 Å². The summed E-state index contributed by atoms with van der Waals surface area (Å²) in [7, 11) is 0. The number of hydrogen-bond acceptors (Lipinski definition) is 3. The van der Waals surface area contributed by atoms with Gasteiger partial charge in [-0.1, -0.05) is 31.0 Å². The van der Waals surface area contributed by atoms with Gasteiger partial charge in [0.15, 0.2) is 0 Å². The molecule has 0 saturated carbocycles. The highest BCUT2D eigenvalue weighted by molar-refractivity contribution is 5.32. The highest BCUT2D eigenvalue weighted by Gasteiger charge is 2.09. The molecule has 0 spiro atoms. The largest absolute Gasteiger partial charge is 0.492 e. The molecule has 1 aromatic carbocycles. The van der Waals surface area contributed by atoms with E-state index in [9.17, 15) is 0 Å². The summed E-state index contributed by atoms with van der Waals surface area (Å²) in [6.45, 7) is 4.78. The number of hydrogen-bond donors (Lipinski definition) is 1. The van der Waals surface area contributed by atoms with Crippen molar-refractivity contribution in [2.45, 2.75) is 32.2 Å². The quantitative estimate of drug-likeness (QED) is 0.869. The molecule has 1 heterocycles. The van der Waals surface area contributed by atoms with E-state index < -0.39 is 0 Å². The monoisotopic (exact) mass is 248 g/mol. The van der Waals surface area contributed by atoms with E-state index in [4.69, 9.17) is 10.5 Å². The van der Waals surface area contributed by atoms with Gasteiger partial charge in [-0.2, -0.15) is 0 Å². The van der Waals surface area contributed by atoms with Crippen LogP contribution in [0.1, 0.15) is 31.2 Å². The van der Waals surface area contributed by atoms with Crippen LogP contribution in [0.25, 0.3) is 0 Å². The summed E-state index contributed by atoms with van der Waals surface area (Å²) in [4.78, 5) is 2.51. The molecule has 0 aliphatic carbocycles. The maximum absolute atomic E-state index is 5.85. The van der Waals surface area contributed by atoms with Crippen LogP contribution in [0.4, 0.5) is 0 Å². The summed E-state index contributed by atoms with van der Waals surface area (Å²) in [6, 6.07) is 8.04. The van der Waals surface area contributed by atoms with Crippen LogP contribution in [0.5, 0.6) is 5.75 Å². The van der Waals surface area contributed by atoms with Crippen molar-refractivity contribution in [2.24, 2.45) is 5.73 Å². The van der Waals surface area contributed by atoms with Gasteiger partial charge in [0, 0.05) is 18.7 Å². The third-order valence-corrected chi connectivity index (χ3v) is 3.56. The highest BCUT2D eigenvalue weighted by atomic mass is 16.5. The average molecular weight is 248 g/mol. The van der Waals surface area contributed by atoms with Crippen LogP contribution in [0.15, 0.2) is 24.3 Å². The zero-order chi connectivity index (χ0) is 12.6. The Morgan fingerprint density at radius 3 is 2.50 bits per heavy atom. The van der Waals surface area contributed by atoms with Crippen molar-refractivity contribution in [3.63, 3.8) is 0 Å². The first-order valence-corrected chi connectivity index (χ1v) is 7.03. The van der Waals surface area contributed by atoms with Crippen LogP contribution in [0, 0.1) is 0 Å². The van der Waals surface area contributed by atoms with E-state index in [1.54, 1.807) is 0 Å². The van der Waals surface area contributed by atoms with Crippen LogP contribution in [-0.2, 0) is 6.54 Å². The first kappa shape index (κ1) is 13.4. The number of nitrogens with two attached hydrogens (primary N) is 1. The first-order valence-electron chi connectivity index (χ1n) is 7.03. The second-order valence-corrected chi connectivity index (χ2v) is 4.92. The van der Waals surface area contributed by atoms with E-state index in [-0.39, 0.29) is 0 Å². The number of nitrogens with zero attached hydrogens (tertiary/aromatic N) is 1. The predicted molar refractivity (Wildman–Crippen MR) is 74.7 cm³/mol. The van der Waals surface area contributed by atoms with Gasteiger partial charge in [0.2, 0.25) is 0 Å². The van der Waals surface area contributed by atoms with Crippen molar-refractivity contribution in [3.05, 3.63) is 29.8 Å². The Kier molecular flexibility index (Phi) is 5.49. The molecule has 2 N–H and O–H groups in total. The summed E-state index contributed by atoms with van der Waals surface area (Å²) in [5, 5.41) is 0. The Morgan fingerprint density at radius 2 is 1.78 bits per heavy atom. The van der Waals surface area contributed by atoms with Gasteiger partial charge in [0.05, 0.1) is 0 Å². The summed E-state index contributed by atoms with van der Waals surface area (Å²) < 4.78 is 5.85. The van der Waals surface area contributed by atoms with Crippen LogP contribution < -0.4 is 10.5 Å². The minimum atomic E-state index is 0.542. The second-order valence-electron chi connectivity index (χ2n) is 4.92. The van der Waals surface area contributed by atoms with Crippen LogP contribution >= 0.6 is 0 Å². The smallest absolute Gasteiger partial charge is 0.123 e. The number of benzene rings is 1. The van der Waals surface area contributed by atoms with Crippen molar-refractivity contribution in [2.75, 3.05) is 26.2 Å². The average Bonchev–Trinajstić information content (AvgIpc) is 2.68. The lowest BCUT2D eigenvalue weighted by molar-refractivity contribution is 0.213. The van der Waals surface area contributed by atoms with Gasteiger partial charge in [0.25, 0.3) is 0 Å². The topological polar surface area (TPSA) is 38.5 Å². The summed E-state index contributed by atoms with van der Waals surface area (Å²) in [5.74, 6) is 0.940. The van der Waals surface area contributed by atoms with Crippen molar-refractivity contribution < 1.29 is 4.74 Å². The normalized spacial score (nSPS) is 17.4. The first-order chi connectivity index (χ1) is 8.90. The molecule has 1 fully saturated rings. The molecule has 0 aromatic heterocycles. The van der Waals surface area contributed by atoms with E-state index in [0.717, 1.165) is 24.5 Å². The third-order valence-electron chi connectivity index (χ3n) is 3.56. The van der Waals surface area contributed by atoms with E-state index in [0.29, 0.717) is 6.54 Å². The molecule has 2 rings (SSSR count). The van der Waals surface area contributed by atoms with Crippen LogP contribution in [-0.4, -0.2) is 31.1 Å². The van der Waals surface area contributed by atoms with Gasteiger partial charge in [0.1, 0.15) is 12.4 Å². The lowest BCUT2D eigenvalue weighted by Crippen LogP contribution is -2.29. The molecule has 3 heteroatoms. The van der Waals surface area contributed by atoms with Crippen LogP contribution in [0.2, 0.25) is 0 Å². The molecule has 18 heavy (non-hydrogen) atoms. The Morgan fingerprint density at radius 1 is 1.06 bits per heavy atom. The fourth-order valence-electron chi connectivity index (χ4n) is 2.46. The molecule has 1 aliphatic heterocycles. The van der Waals surface area contributed by atoms with Crippen molar-refractivity contribution in [3.8, 4) is 5.75 Å². The van der Waals surface area contributed by atoms with Gasteiger partial charge >= 0.3 is 0 Å². The van der Waals surface area contributed by atoms with Crippen molar-refractivity contribution >= 4 is 0 Å². The van der Waals surface area contributed by atoms with E-state index >= 15 is 0 Å². The number of para-hydroxylation sites is 1. The Bertz CT molecular complexity index is 346. The minimum Gasteiger partial charge on any atom is -0.492 e. The molecule has 0 unspecified atom stereocenters. The summed E-state index contributed by atoms with van der Waals surface area (Å²) in [5.41, 5.74) is 6.79. The van der Waals surface area contributed by atoms with Gasteiger partial charge in [-0.25, -0.2) is 0 Å². The standard InChI is InChI=1S/C15H24N2O/c16-13-14-7-3-4-8-15(14)18-12-11-17-9-5-1-2-6-10-17/h3-4,7-8H,1-2,5-6,9-13,16H2. The lowest BCUT2D eigenvalue weighted by Gasteiger charge is -2.20. The van der Waals surface area contributed by atoms with Gasteiger partial charge in [-0.3, -0.25) is 4.90 Å². The van der Waals surface area contributed by atoms with E-state index in [1.807, 2.05) is 24.3 Å². The molecule has 0 radical (unpaired) electrons. The molecule has 0 atom stereocenters. The highest BCUT2D eigenvalue weighted by Crippen LogP contribution is 2.17. The van der Waals surface area contributed by atoms with Gasteiger partial charge in [-0.15, -0.1) is 0 Å². The lowest BCUT2D eigenvalue weighted by atomic mass is 10.2. The van der Waals surface area contributed by atoms with Crippen molar-refractivity contribution in [1.29, 1.82) is 0 Å². The molecule has 1 aliphatic rings. The molecule has 3 nitrogen and oxygen atoms in total. The Hall–Kier alpha value is -1.06.